The van der Waals surface area contributed by atoms with Crippen molar-refractivity contribution in [1.82, 2.24) is 4.90 Å². The molecule has 3 rings (SSSR count). The van der Waals surface area contributed by atoms with Gasteiger partial charge in [0.25, 0.3) is 11.6 Å². The van der Waals surface area contributed by atoms with Crippen molar-refractivity contribution in [1.29, 1.82) is 0 Å². The summed E-state index contributed by atoms with van der Waals surface area (Å²) in [7, 11) is 0. The third kappa shape index (κ3) is 4.09. The molecule has 0 spiro atoms. The minimum atomic E-state index is -0.486. The Hall–Kier alpha value is -2.60. The Morgan fingerprint density at radius 2 is 1.88 bits per heavy atom. The van der Waals surface area contributed by atoms with Crippen molar-refractivity contribution >= 4 is 34.6 Å². The Morgan fingerprint density at radius 3 is 2.56 bits per heavy atom. The van der Waals surface area contributed by atoms with E-state index in [1.807, 2.05) is 0 Å². The highest BCUT2D eigenvalue weighted by Gasteiger charge is 2.22. The summed E-state index contributed by atoms with van der Waals surface area (Å²) in [6.45, 7) is 1.41. The molecular weight excluding hydrogens is 342 g/mol. The molecule has 1 aliphatic rings. The van der Waals surface area contributed by atoms with E-state index in [0.29, 0.717) is 35.1 Å². The van der Waals surface area contributed by atoms with Crippen molar-refractivity contribution in [2.24, 2.45) is 0 Å². The molecule has 7 heteroatoms. The summed E-state index contributed by atoms with van der Waals surface area (Å²) in [5, 5.41) is 15.0. The van der Waals surface area contributed by atoms with Gasteiger partial charge in [-0.05, 0) is 49.6 Å². The number of anilines is 2. The predicted molar refractivity (Wildman–Crippen MR) is 97.6 cm³/mol. The lowest BCUT2D eigenvalue weighted by atomic mass is 10.1. The number of nitrogens with one attached hydrogen (secondary N) is 1. The molecule has 1 N–H and O–H groups in total. The van der Waals surface area contributed by atoms with Crippen LogP contribution in [0.1, 0.15) is 29.6 Å². The van der Waals surface area contributed by atoms with Crippen LogP contribution in [0, 0.1) is 10.1 Å². The largest absolute Gasteiger partial charge is 0.350 e. The Labute approximate surface area is 150 Å². The second-order valence-corrected chi connectivity index (χ2v) is 6.41. The van der Waals surface area contributed by atoms with Crippen LogP contribution >= 0.6 is 11.6 Å². The monoisotopic (exact) mass is 359 g/mol. The predicted octanol–water partition coefficient (Wildman–Crippen LogP) is 4.62. The number of likely N-dealkylation sites (tertiary alicyclic amines) is 1. The minimum Gasteiger partial charge on any atom is -0.350 e. The molecule has 1 heterocycles. The molecule has 130 valence electrons. The average Bonchev–Trinajstić information content (AvgIpc) is 2.62. The Morgan fingerprint density at radius 1 is 1.12 bits per heavy atom. The van der Waals surface area contributed by atoms with Crippen LogP contribution in [0.4, 0.5) is 17.1 Å². The van der Waals surface area contributed by atoms with Crippen molar-refractivity contribution in [2.45, 2.75) is 19.3 Å². The van der Waals surface area contributed by atoms with Crippen molar-refractivity contribution in [3.05, 3.63) is 63.2 Å². The standard InChI is InChI=1S/C18H18ClN3O3/c19-14-5-4-6-15(12-14)20-16-8-7-13(11-17(16)22(24)25)18(23)21-9-2-1-3-10-21/h4-8,11-12,20H,1-3,9-10H2. The first-order valence-electron chi connectivity index (χ1n) is 8.15. The lowest BCUT2D eigenvalue weighted by Gasteiger charge is -2.26. The van der Waals surface area contributed by atoms with E-state index in [4.69, 9.17) is 11.6 Å². The van der Waals surface area contributed by atoms with Gasteiger partial charge in [0.15, 0.2) is 0 Å². The van der Waals surface area contributed by atoms with Gasteiger partial charge in [-0.15, -0.1) is 0 Å². The molecule has 25 heavy (non-hydrogen) atoms. The van der Waals surface area contributed by atoms with E-state index in [-0.39, 0.29) is 11.6 Å². The first-order valence-corrected chi connectivity index (χ1v) is 8.53. The van der Waals surface area contributed by atoms with Gasteiger partial charge >= 0.3 is 0 Å². The summed E-state index contributed by atoms with van der Waals surface area (Å²) in [5.41, 5.74) is 1.17. The molecule has 1 saturated heterocycles. The number of carbonyl (C=O) groups is 1. The summed E-state index contributed by atoms with van der Waals surface area (Å²) < 4.78 is 0. The van der Waals surface area contributed by atoms with Crippen LogP contribution in [-0.2, 0) is 0 Å². The molecule has 0 aromatic heterocycles. The topological polar surface area (TPSA) is 75.5 Å². The second-order valence-electron chi connectivity index (χ2n) is 5.98. The van der Waals surface area contributed by atoms with Crippen molar-refractivity contribution in [2.75, 3.05) is 18.4 Å². The fraction of sp³-hybridized carbons (Fsp3) is 0.278. The van der Waals surface area contributed by atoms with Gasteiger partial charge in [0.1, 0.15) is 5.69 Å². The highest BCUT2D eigenvalue weighted by atomic mass is 35.5. The minimum absolute atomic E-state index is 0.136. The van der Waals surface area contributed by atoms with E-state index in [2.05, 4.69) is 5.32 Å². The molecule has 0 unspecified atom stereocenters. The molecule has 1 fully saturated rings. The number of carbonyl (C=O) groups excluding carboxylic acids is 1. The molecule has 0 saturated carbocycles. The number of rotatable bonds is 4. The smallest absolute Gasteiger partial charge is 0.293 e. The zero-order valence-corrected chi connectivity index (χ0v) is 14.3. The maximum Gasteiger partial charge on any atom is 0.293 e. The Kier molecular flexibility index (Phi) is 5.19. The van der Waals surface area contributed by atoms with Gasteiger partial charge < -0.3 is 10.2 Å². The third-order valence-corrected chi connectivity index (χ3v) is 4.42. The summed E-state index contributed by atoms with van der Waals surface area (Å²) in [4.78, 5) is 25.3. The van der Waals surface area contributed by atoms with Crippen molar-refractivity contribution in [3.8, 4) is 0 Å². The molecule has 1 aliphatic heterocycles. The summed E-state index contributed by atoms with van der Waals surface area (Å²) >= 11 is 5.94. The van der Waals surface area contributed by atoms with Gasteiger partial charge in [-0.3, -0.25) is 14.9 Å². The van der Waals surface area contributed by atoms with E-state index in [1.165, 1.54) is 6.07 Å². The van der Waals surface area contributed by atoms with E-state index < -0.39 is 4.92 Å². The summed E-state index contributed by atoms with van der Waals surface area (Å²) in [6.07, 6.45) is 3.07. The summed E-state index contributed by atoms with van der Waals surface area (Å²) in [5.74, 6) is -0.155. The first kappa shape index (κ1) is 17.2. The van der Waals surface area contributed by atoms with Crippen LogP contribution < -0.4 is 5.32 Å². The van der Waals surface area contributed by atoms with Crippen LogP contribution in [0.3, 0.4) is 0 Å². The molecule has 2 aromatic rings. The van der Waals surface area contributed by atoms with Gasteiger partial charge in [0, 0.05) is 35.4 Å². The molecule has 0 bridgehead atoms. The molecule has 6 nitrogen and oxygen atoms in total. The van der Waals surface area contributed by atoms with Gasteiger partial charge in [-0.2, -0.15) is 0 Å². The maximum absolute atomic E-state index is 12.6. The summed E-state index contributed by atoms with van der Waals surface area (Å²) in [6, 6.07) is 11.4. The number of halogens is 1. The van der Waals surface area contributed by atoms with Crippen LogP contribution in [0.15, 0.2) is 42.5 Å². The molecular formula is C18H18ClN3O3. The fourth-order valence-corrected chi connectivity index (χ4v) is 3.11. The highest BCUT2D eigenvalue weighted by Crippen LogP contribution is 2.30. The van der Waals surface area contributed by atoms with Crippen LogP contribution in [0.25, 0.3) is 0 Å². The van der Waals surface area contributed by atoms with Gasteiger partial charge in [-0.25, -0.2) is 0 Å². The van der Waals surface area contributed by atoms with E-state index in [0.717, 1.165) is 19.3 Å². The Balaban J connectivity index is 1.87. The third-order valence-electron chi connectivity index (χ3n) is 4.19. The number of nitro benzene ring substituents is 1. The van der Waals surface area contributed by atoms with Gasteiger partial charge in [-0.1, -0.05) is 17.7 Å². The first-order chi connectivity index (χ1) is 12.0. The number of piperidine rings is 1. The van der Waals surface area contributed by atoms with Gasteiger partial charge in [0.05, 0.1) is 4.92 Å². The number of benzene rings is 2. The number of nitrogens with zero attached hydrogens (tertiary/aromatic N) is 2. The SMILES string of the molecule is O=C(c1ccc(Nc2cccc(Cl)c2)c([N+](=O)[O-])c1)N1CCCCC1. The normalized spacial score (nSPS) is 14.2. The quantitative estimate of drug-likeness (QED) is 0.638. The molecule has 1 amide bonds. The van der Waals surface area contributed by atoms with Gasteiger partial charge in [0.2, 0.25) is 0 Å². The molecule has 0 atom stereocenters. The highest BCUT2D eigenvalue weighted by molar-refractivity contribution is 6.30. The fourth-order valence-electron chi connectivity index (χ4n) is 2.92. The average molecular weight is 360 g/mol. The molecule has 0 radical (unpaired) electrons. The lowest BCUT2D eigenvalue weighted by Crippen LogP contribution is -2.35. The van der Waals surface area contributed by atoms with Crippen molar-refractivity contribution < 1.29 is 9.72 Å². The lowest BCUT2D eigenvalue weighted by molar-refractivity contribution is -0.383. The Bertz CT molecular complexity index is 804. The van der Waals surface area contributed by atoms with Crippen molar-refractivity contribution in [3.63, 3.8) is 0 Å². The number of hydrogen-bond acceptors (Lipinski definition) is 4. The molecule has 0 aliphatic carbocycles. The molecule has 2 aromatic carbocycles. The number of nitro groups is 1. The van der Waals surface area contributed by atoms with E-state index in [9.17, 15) is 14.9 Å². The maximum atomic E-state index is 12.6. The van der Waals surface area contributed by atoms with Crippen LogP contribution in [0.5, 0.6) is 0 Å². The van der Waals surface area contributed by atoms with Crippen LogP contribution in [0.2, 0.25) is 5.02 Å². The zero-order chi connectivity index (χ0) is 17.8. The zero-order valence-electron chi connectivity index (χ0n) is 13.6. The number of hydrogen-bond donors (Lipinski definition) is 1. The second kappa shape index (κ2) is 7.53. The van der Waals surface area contributed by atoms with E-state index in [1.54, 1.807) is 41.3 Å². The van der Waals surface area contributed by atoms with Crippen LogP contribution in [-0.4, -0.2) is 28.8 Å². The van der Waals surface area contributed by atoms with E-state index >= 15 is 0 Å². The number of amides is 1.